The summed E-state index contributed by atoms with van der Waals surface area (Å²) in [4.78, 5) is 2.84. The van der Waals surface area contributed by atoms with Crippen LogP contribution in [-0.2, 0) is 0 Å². The molecule has 8 aliphatic rings. The minimum atomic E-state index is 0.211. The molecule has 8 fully saturated rings. The molecule has 9 heteroatoms. The second-order valence-corrected chi connectivity index (χ2v) is 16.6. The Bertz CT molecular complexity index is 1060. The monoisotopic (exact) mass is 583 g/mol. The molecule has 1 aromatic rings. The summed E-state index contributed by atoms with van der Waals surface area (Å²) in [6.45, 7) is 10.3. The van der Waals surface area contributed by atoms with Crippen molar-refractivity contribution in [3.05, 3.63) is 12.3 Å². The highest BCUT2D eigenvalue weighted by atomic mass is 32.2. The summed E-state index contributed by atoms with van der Waals surface area (Å²) in [6, 6.07) is 2.10. The van der Waals surface area contributed by atoms with Gasteiger partial charge in [0.1, 0.15) is 6.17 Å². The Morgan fingerprint density at radius 3 is 2.63 bits per heavy atom. The van der Waals surface area contributed by atoms with E-state index in [1.54, 1.807) is 0 Å². The van der Waals surface area contributed by atoms with E-state index < -0.39 is 0 Å². The van der Waals surface area contributed by atoms with Crippen LogP contribution in [0.25, 0.3) is 0 Å². The Kier molecular flexibility index (Phi) is 7.20. The van der Waals surface area contributed by atoms with E-state index in [9.17, 15) is 0 Å². The average molecular weight is 584 g/mol. The van der Waals surface area contributed by atoms with Gasteiger partial charge in [0, 0.05) is 54.5 Å². The number of fused-ring (bicyclic) bond motifs is 9. The van der Waals surface area contributed by atoms with Crippen molar-refractivity contribution in [3.63, 3.8) is 0 Å². The summed E-state index contributed by atoms with van der Waals surface area (Å²) in [7, 11) is 0. The van der Waals surface area contributed by atoms with Gasteiger partial charge in [-0.05, 0) is 108 Å². The number of aromatic nitrogens is 2. The topological polar surface area (TPSA) is 78.4 Å². The van der Waals surface area contributed by atoms with E-state index in [0.29, 0.717) is 34.3 Å². The summed E-state index contributed by atoms with van der Waals surface area (Å²) < 4.78 is 12.3. The molecule has 1 aromatic heterocycles. The highest BCUT2D eigenvalue weighted by molar-refractivity contribution is 7.98. The zero-order chi connectivity index (χ0) is 27.7. The molecule has 3 saturated carbocycles. The second-order valence-electron chi connectivity index (χ2n) is 15.4. The number of piperidine rings is 2. The molecule has 4 bridgehead atoms. The third kappa shape index (κ3) is 5.18. The van der Waals surface area contributed by atoms with Crippen molar-refractivity contribution < 1.29 is 4.74 Å². The van der Waals surface area contributed by atoms with Gasteiger partial charge in [0.2, 0.25) is 5.88 Å². The van der Waals surface area contributed by atoms with E-state index in [-0.39, 0.29) is 11.7 Å². The van der Waals surface area contributed by atoms with Crippen molar-refractivity contribution in [2.45, 2.75) is 120 Å². The molecule has 7 unspecified atom stereocenters. The summed E-state index contributed by atoms with van der Waals surface area (Å²) in [5.74, 6) is 2.99. The molecular weight excluding hydrogens is 530 g/mol. The molecule has 6 heterocycles. The van der Waals surface area contributed by atoms with Gasteiger partial charge >= 0.3 is 0 Å². The van der Waals surface area contributed by atoms with Gasteiger partial charge in [0.05, 0.1) is 18.9 Å². The standard InChI is InChI=1S/C32H53N7OS/c1-30(2)17-22-5-3-4-15-33-26-8-7-24(19-34-26)41-35-18-23-6-9-27(36-29(23)38(30)20-22)39-16-10-28(37-39)40-21-25-31(11-12-31)32(25)13-14-32/h10,16,22-27,29,33-36H,3-9,11-15,17-21H2,1-2H3. The van der Waals surface area contributed by atoms with Crippen LogP contribution < -0.4 is 25.4 Å². The first-order chi connectivity index (χ1) is 20.0. The lowest BCUT2D eigenvalue weighted by Gasteiger charge is -2.47. The van der Waals surface area contributed by atoms with Crippen LogP contribution in [0.1, 0.15) is 97.1 Å². The maximum absolute atomic E-state index is 6.32. The Balaban J connectivity index is 0.945. The third-order valence-corrected chi connectivity index (χ3v) is 13.6. The first-order valence-electron chi connectivity index (χ1n) is 17.0. The fraction of sp³-hybridized carbons (Fsp3) is 0.906. The molecule has 5 aliphatic heterocycles. The Hall–Kier alpha value is -0.840. The number of ether oxygens (including phenoxy) is 1. The number of hydrogen-bond acceptors (Lipinski definition) is 8. The average Bonchev–Trinajstić information content (AvgIpc) is 3.92. The number of hydrogen-bond donors (Lipinski definition) is 4. The van der Waals surface area contributed by atoms with E-state index in [2.05, 4.69) is 56.4 Å². The van der Waals surface area contributed by atoms with Crippen molar-refractivity contribution in [2.75, 3.05) is 32.8 Å². The molecule has 41 heavy (non-hydrogen) atoms. The number of nitrogens with one attached hydrogen (secondary N) is 4. The van der Waals surface area contributed by atoms with Crippen molar-refractivity contribution >= 4 is 11.9 Å². The highest BCUT2D eigenvalue weighted by Gasteiger charge is 2.86. The molecule has 0 radical (unpaired) electrons. The van der Waals surface area contributed by atoms with Gasteiger partial charge < -0.3 is 15.4 Å². The van der Waals surface area contributed by atoms with Crippen LogP contribution in [0.5, 0.6) is 5.88 Å². The molecule has 9 rings (SSSR count). The smallest absolute Gasteiger partial charge is 0.232 e. The minimum Gasteiger partial charge on any atom is -0.476 e. The van der Waals surface area contributed by atoms with E-state index in [1.165, 1.54) is 77.2 Å². The Morgan fingerprint density at radius 2 is 1.85 bits per heavy atom. The van der Waals surface area contributed by atoms with E-state index in [4.69, 9.17) is 9.84 Å². The van der Waals surface area contributed by atoms with Gasteiger partial charge in [0.15, 0.2) is 0 Å². The quantitative estimate of drug-likeness (QED) is 0.387. The largest absolute Gasteiger partial charge is 0.476 e. The van der Waals surface area contributed by atoms with Crippen LogP contribution in [0, 0.1) is 28.6 Å². The predicted molar refractivity (Wildman–Crippen MR) is 164 cm³/mol. The van der Waals surface area contributed by atoms with Gasteiger partial charge in [-0.1, -0.05) is 18.4 Å². The minimum absolute atomic E-state index is 0.211. The summed E-state index contributed by atoms with van der Waals surface area (Å²) in [6.07, 6.45) is 19.1. The van der Waals surface area contributed by atoms with Crippen molar-refractivity contribution in [3.8, 4) is 5.88 Å². The Labute approximate surface area is 251 Å². The molecule has 4 N–H and O–H groups in total. The van der Waals surface area contributed by atoms with Gasteiger partial charge in [-0.3, -0.25) is 19.6 Å². The first kappa shape index (κ1) is 27.7. The SMILES string of the molecule is CC1(C)CC2CCCCNC3CCC(CN3)SNCC3CCC(n4ccc(OCC5C6(CC6)C56CC6)n4)NC3N1C2. The fourth-order valence-electron chi connectivity index (χ4n) is 9.88. The van der Waals surface area contributed by atoms with Gasteiger partial charge in [-0.2, -0.15) is 0 Å². The van der Waals surface area contributed by atoms with Crippen molar-refractivity contribution in [1.29, 1.82) is 0 Å². The fourth-order valence-corrected chi connectivity index (χ4v) is 10.9. The van der Waals surface area contributed by atoms with Gasteiger partial charge in [0.25, 0.3) is 0 Å². The van der Waals surface area contributed by atoms with Crippen LogP contribution in [0.2, 0.25) is 0 Å². The van der Waals surface area contributed by atoms with Crippen LogP contribution in [0.15, 0.2) is 12.3 Å². The molecule has 5 saturated heterocycles. The maximum atomic E-state index is 6.32. The Morgan fingerprint density at radius 1 is 1.00 bits per heavy atom. The van der Waals surface area contributed by atoms with Crippen molar-refractivity contribution in [2.24, 2.45) is 28.6 Å². The lowest BCUT2D eigenvalue weighted by atomic mass is 9.90. The summed E-state index contributed by atoms with van der Waals surface area (Å²) >= 11 is 1.98. The zero-order valence-electron chi connectivity index (χ0n) is 25.4. The van der Waals surface area contributed by atoms with Crippen LogP contribution >= 0.6 is 11.9 Å². The lowest BCUT2D eigenvalue weighted by molar-refractivity contribution is 0.00921. The van der Waals surface area contributed by atoms with Crippen molar-refractivity contribution in [1.82, 2.24) is 35.4 Å². The van der Waals surface area contributed by atoms with E-state index in [1.807, 2.05) is 11.9 Å². The van der Waals surface area contributed by atoms with Gasteiger partial charge in [-0.15, -0.1) is 5.10 Å². The first-order valence-corrected chi connectivity index (χ1v) is 17.9. The van der Waals surface area contributed by atoms with E-state index in [0.717, 1.165) is 50.4 Å². The van der Waals surface area contributed by atoms with Crippen LogP contribution in [0.3, 0.4) is 0 Å². The number of nitrogens with zero attached hydrogens (tertiary/aromatic N) is 3. The summed E-state index contributed by atoms with van der Waals surface area (Å²) in [5.41, 5.74) is 1.60. The molecule has 0 amide bonds. The summed E-state index contributed by atoms with van der Waals surface area (Å²) in [5, 5.41) is 17.3. The third-order valence-electron chi connectivity index (χ3n) is 12.5. The van der Waals surface area contributed by atoms with E-state index >= 15 is 0 Å². The molecule has 8 nitrogen and oxygen atoms in total. The molecule has 3 aliphatic carbocycles. The predicted octanol–water partition coefficient (Wildman–Crippen LogP) is 4.47. The molecule has 228 valence electrons. The normalized spacial score (nSPS) is 41.2. The molecular formula is C32H53N7OS. The lowest BCUT2D eigenvalue weighted by Crippen LogP contribution is -2.60. The maximum Gasteiger partial charge on any atom is 0.232 e. The highest BCUT2D eigenvalue weighted by Crippen LogP contribution is 2.92. The molecule has 2 spiro atoms. The van der Waals surface area contributed by atoms with Crippen LogP contribution in [-0.4, -0.2) is 70.6 Å². The van der Waals surface area contributed by atoms with Gasteiger partial charge in [-0.25, -0.2) is 0 Å². The zero-order valence-corrected chi connectivity index (χ0v) is 26.2. The van der Waals surface area contributed by atoms with Crippen LogP contribution in [0.4, 0.5) is 0 Å². The molecule has 7 atom stereocenters. The second kappa shape index (κ2) is 10.7. The molecule has 0 aromatic carbocycles. The number of rotatable bonds is 4.